The topological polar surface area (TPSA) is 98.1 Å². The molecule has 0 spiro atoms. The molecule has 0 unspecified atom stereocenters. The second-order valence-electron chi connectivity index (χ2n) is 10.4. The molecule has 2 aromatic heterocycles. The molecule has 0 bridgehead atoms. The molecular weight excluding hydrogens is 458 g/mol. The second kappa shape index (κ2) is 9.40. The maximum Gasteiger partial charge on any atom is 0.229 e. The van der Waals surface area contributed by atoms with Crippen molar-refractivity contribution in [2.75, 3.05) is 18.0 Å². The molecule has 1 saturated heterocycles. The molecule has 7 heteroatoms. The molecule has 1 amide bonds. The minimum atomic E-state index is -0.635. The zero-order chi connectivity index (χ0) is 23.3. The number of anilines is 1. The van der Waals surface area contributed by atoms with Crippen LogP contribution in [0.25, 0.3) is 22.0 Å². The number of benzene rings is 1. The minimum Gasteiger partial charge on any atom is -0.369 e. The number of aromatic nitrogens is 2. The minimum absolute atomic E-state index is 0. The maximum absolute atomic E-state index is 12.5. The third-order valence-corrected chi connectivity index (χ3v) is 8.28. The molecule has 2 fully saturated rings. The Morgan fingerprint density at radius 3 is 2.54 bits per heavy atom. The summed E-state index contributed by atoms with van der Waals surface area (Å²) < 4.78 is 0. The lowest BCUT2D eigenvalue weighted by Gasteiger charge is -2.28. The summed E-state index contributed by atoms with van der Waals surface area (Å²) in [5.41, 5.74) is 19.6. The largest absolute Gasteiger partial charge is 0.369 e. The van der Waals surface area contributed by atoms with E-state index >= 15 is 0 Å². The Morgan fingerprint density at radius 1 is 1.03 bits per heavy atom. The highest BCUT2D eigenvalue weighted by molar-refractivity contribution is 5.97. The van der Waals surface area contributed by atoms with Gasteiger partial charge in [0, 0.05) is 36.4 Å². The van der Waals surface area contributed by atoms with Crippen LogP contribution in [-0.4, -0.2) is 35.0 Å². The molecule has 1 aromatic carbocycles. The van der Waals surface area contributed by atoms with Gasteiger partial charge in [-0.3, -0.25) is 14.8 Å². The average molecular weight is 492 g/mol. The Balaban J connectivity index is 0.00000253. The molecule has 1 atom stereocenters. The number of rotatable bonds is 4. The summed E-state index contributed by atoms with van der Waals surface area (Å²) >= 11 is 0. The van der Waals surface area contributed by atoms with Crippen molar-refractivity contribution in [3.63, 3.8) is 0 Å². The Morgan fingerprint density at radius 2 is 1.80 bits per heavy atom. The van der Waals surface area contributed by atoms with Gasteiger partial charge in [0.25, 0.3) is 0 Å². The van der Waals surface area contributed by atoms with Gasteiger partial charge < -0.3 is 16.4 Å². The summed E-state index contributed by atoms with van der Waals surface area (Å²) in [5.74, 6) is -0.253. The Labute approximate surface area is 212 Å². The number of carbonyl (C=O) groups is 1. The highest BCUT2D eigenvalue weighted by Crippen LogP contribution is 2.42. The first-order chi connectivity index (χ1) is 16.5. The molecule has 2 aliphatic carbocycles. The summed E-state index contributed by atoms with van der Waals surface area (Å²) in [5, 5.41) is 1.20. The summed E-state index contributed by atoms with van der Waals surface area (Å²) in [6, 6.07) is 10.9. The van der Waals surface area contributed by atoms with E-state index in [2.05, 4.69) is 34.1 Å². The molecule has 3 aromatic rings. The van der Waals surface area contributed by atoms with Crippen LogP contribution in [0.4, 0.5) is 5.69 Å². The van der Waals surface area contributed by atoms with Crippen molar-refractivity contribution in [3.8, 4) is 11.1 Å². The molecule has 6 nitrogen and oxygen atoms in total. The number of amides is 1. The van der Waals surface area contributed by atoms with Crippen LogP contribution in [0, 0.1) is 0 Å². The lowest BCUT2D eigenvalue weighted by atomic mass is 9.80. The van der Waals surface area contributed by atoms with E-state index in [-0.39, 0.29) is 24.4 Å². The lowest BCUT2D eigenvalue weighted by molar-refractivity contribution is -0.123. The van der Waals surface area contributed by atoms with Crippen LogP contribution in [0.2, 0.25) is 0 Å². The Kier molecular flexibility index (Phi) is 6.45. The van der Waals surface area contributed by atoms with E-state index in [0.29, 0.717) is 0 Å². The summed E-state index contributed by atoms with van der Waals surface area (Å²) in [7, 11) is 0. The van der Waals surface area contributed by atoms with Gasteiger partial charge in [0.1, 0.15) is 0 Å². The normalized spacial score (nSPS) is 21.1. The number of nitrogens with two attached hydrogens (primary N) is 2. The molecule has 0 radical (unpaired) electrons. The van der Waals surface area contributed by atoms with E-state index < -0.39 is 5.41 Å². The standard InChI is InChI=1S/C28H33N5O.ClH/c29-20-10-14-33(17-20)26-21-5-1-2-6-23(21)32-24-8-7-18(15-22(24)26)19-9-13-31-25(16-19)28(27(30)34)11-3-4-12-28;/h7-9,13,15-16,20H,1-6,10-12,14,17,29H2,(H2,30,34);1H/t20-;/m0./s1. The molecule has 1 saturated carbocycles. The maximum atomic E-state index is 12.5. The van der Waals surface area contributed by atoms with Crippen molar-refractivity contribution in [2.24, 2.45) is 11.5 Å². The third-order valence-electron chi connectivity index (χ3n) is 8.28. The van der Waals surface area contributed by atoms with Gasteiger partial charge in [-0.1, -0.05) is 18.9 Å². The van der Waals surface area contributed by atoms with Gasteiger partial charge in [0.2, 0.25) is 5.91 Å². The van der Waals surface area contributed by atoms with Crippen LogP contribution >= 0.6 is 12.4 Å². The third kappa shape index (κ3) is 4.07. The van der Waals surface area contributed by atoms with Gasteiger partial charge in [-0.15, -0.1) is 12.4 Å². The molecule has 35 heavy (non-hydrogen) atoms. The first-order valence-electron chi connectivity index (χ1n) is 12.8. The van der Waals surface area contributed by atoms with Crippen molar-refractivity contribution in [3.05, 3.63) is 53.5 Å². The van der Waals surface area contributed by atoms with Gasteiger partial charge in [0.05, 0.1) is 22.3 Å². The lowest BCUT2D eigenvalue weighted by Crippen LogP contribution is -2.39. The van der Waals surface area contributed by atoms with Crippen molar-refractivity contribution in [1.29, 1.82) is 0 Å². The quantitative estimate of drug-likeness (QED) is 0.562. The molecule has 6 rings (SSSR count). The number of primary amides is 1. The number of hydrogen-bond donors (Lipinski definition) is 2. The first-order valence-corrected chi connectivity index (χ1v) is 12.8. The first kappa shape index (κ1) is 24.0. The van der Waals surface area contributed by atoms with Crippen LogP contribution in [0.1, 0.15) is 61.9 Å². The van der Waals surface area contributed by atoms with Crippen LogP contribution in [0.3, 0.4) is 0 Å². The van der Waals surface area contributed by atoms with Gasteiger partial charge >= 0.3 is 0 Å². The van der Waals surface area contributed by atoms with Gasteiger partial charge in [-0.05, 0) is 85.9 Å². The van der Waals surface area contributed by atoms with Crippen LogP contribution < -0.4 is 16.4 Å². The smallest absolute Gasteiger partial charge is 0.229 e. The molecule has 184 valence electrons. The number of carbonyl (C=O) groups excluding carboxylic acids is 1. The monoisotopic (exact) mass is 491 g/mol. The van der Waals surface area contributed by atoms with E-state index in [1.54, 1.807) is 0 Å². The predicted molar refractivity (Wildman–Crippen MR) is 143 cm³/mol. The van der Waals surface area contributed by atoms with Crippen molar-refractivity contribution in [2.45, 2.75) is 69.2 Å². The fourth-order valence-electron chi connectivity index (χ4n) is 6.41. The van der Waals surface area contributed by atoms with Crippen molar-refractivity contribution >= 4 is 34.9 Å². The highest BCUT2D eigenvalue weighted by Gasteiger charge is 2.42. The number of aryl methyl sites for hydroxylation is 1. The number of halogens is 1. The van der Waals surface area contributed by atoms with E-state index in [4.69, 9.17) is 16.5 Å². The SMILES string of the molecule is Cl.NC(=O)C1(c2cc(-c3ccc4nc5c(c(N6CC[C@H](N)C6)c4c3)CCCC5)ccn2)CCCC1. The summed E-state index contributed by atoms with van der Waals surface area (Å²) in [6.07, 6.45) is 11.0. The number of nitrogens with zero attached hydrogens (tertiary/aromatic N) is 3. The molecule has 3 aliphatic rings. The van der Waals surface area contributed by atoms with Gasteiger partial charge in [-0.2, -0.15) is 0 Å². The number of hydrogen-bond acceptors (Lipinski definition) is 5. The van der Waals surface area contributed by atoms with Crippen LogP contribution in [-0.2, 0) is 23.1 Å². The molecular formula is C28H34ClN5O. The Bertz CT molecular complexity index is 1270. The fourth-order valence-corrected chi connectivity index (χ4v) is 6.41. The zero-order valence-corrected chi connectivity index (χ0v) is 20.9. The predicted octanol–water partition coefficient (Wildman–Crippen LogP) is 4.43. The van der Waals surface area contributed by atoms with Gasteiger partial charge in [0.15, 0.2) is 0 Å². The molecule has 1 aliphatic heterocycles. The fraction of sp³-hybridized carbons (Fsp3) is 0.464. The average Bonchev–Trinajstić information content (AvgIpc) is 3.52. The number of fused-ring (bicyclic) bond motifs is 2. The molecule has 3 heterocycles. The zero-order valence-electron chi connectivity index (χ0n) is 20.1. The van der Waals surface area contributed by atoms with Crippen molar-refractivity contribution < 1.29 is 4.79 Å². The Hall–Kier alpha value is -2.70. The van der Waals surface area contributed by atoms with Crippen molar-refractivity contribution in [1.82, 2.24) is 9.97 Å². The van der Waals surface area contributed by atoms with E-state index in [0.717, 1.165) is 80.4 Å². The van der Waals surface area contributed by atoms with E-state index in [1.807, 2.05) is 12.3 Å². The molecule has 4 N–H and O–H groups in total. The van der Waals surface area contributed by atoms with E-state index in [9.17, 15) is 4.79 Å². The summed E-state index contributed by atoms with van der Waals surface area (Å²) in [4.78, 5) is 24.6. The highest BCUT2D eigenvalue weighted by atomic mass is 35.5. The van der Waals surface area contributed by atoms with Crippen LogP contribution in [0.5, 0.6) is 0 Å². The van der Waals surface area contributed by atoms with E-state index in [1.165, 1.54) is 35.2 Å². The van der Waals surface area contributed by atoms with Crippen LogP contribution in [0.15, 0.2) is 36.5 Å². The second-order valence-corrected chi connectivity index (χ2v) is 10.4. The van der Waals surface area contributed by atoms with Gasteiger partial charge in [-0.25, -0.2) is 0 Å². The number of pyridine rings is 2. The summed E-state index contributed by atoms with van der Waals surface area (Å²) in [6.45, 7) is 1.90.